The van der Waals surface area contributed by atoms with Crippen molar-refractivity contribution in [1.29, 1.82) is 0 Å². The molecule has 2 aromatic rings. The van der Waals surface area contributed by atoms with Crippen LogP contribution in [0.4, 0.5) is 11.4 Å². The van der Waals surface area contributed by atoms with E-state index in [2.05, 4.69) is 32.7 Å². The van der Waals surface area contributed by atoms with Crippen LogP contribution in [0.15, 0.2) is 47.5 Å². The first-order valence-corrected chi connectivity index (χ1v) is 11.7. The average Bonchev–Trinajstić information content (AvgIpc) is 2.79. The summed E-state index contributed by atoms with van der Waals surface area (Å²) in [7, 11) is 0. The molecule has 0 amide bonds. The first-order valence-electron chi connectivity index (χ1n) is 10.9. The first-order chi connectivity index (χ1) is 16.8. The third-order valence-corrected chi connectivity index (χ3v) is 5.76. The van der Waals surface area contributed by atoms with E-state index in [0.29, 0.717) is 50.1 Å². The molecular formula is C23H26N6O4S2. The quantitative estimate of drug-likeness (QED) is 0.389. The number of pyridine rings is 1. The molecule has 0 spiro atoms. The highest BCUT2D eigenvalue weighted by Crippen LogP contribution is 2.16. The molecule has 0 saturated carbocycles. The number of benzene rings is 1. The van der Waals surface area contributed by atoms with E-state index in [0.717, 1.165) is 17.1 Å². The minimum absolute atomic E-state index is 0.132. The second-order valence-electron chi connectivity index (χ2n) is 8.00. The van der Waals surface area contributed by atoms with Crippen LogP contribution in [0.2, 0.25) is 0 Å². The van der Waals surface area contributed by atoms with Gasteiger partial charge in [0.25, 0.3) is 0 Å². The lowest BCUT2D eigenvalue weighted by molar-refractivity contribution is -0.139. The predicted molar refractivity (Wildman–Crippen MR) is 139 cm³/mol. The second-order valence-corrected chi connectivity index (χ2v) is 8.57. The van der Waals surface area contributed by atoms with Crippen molar-refractivity contribution in [1.82, 2.24) is 19.7 Å². The minimum Gasteiger partial charge on any atom is -0.480 e. The van der Waals surface area contributed by atoms with Crippen LogP contribution in [0.3, 0.4) is 0 Å². The zero-order chi connectivity index (χ0) is 25.2. The van der Waals surface area contributed by atoms with Crippen LogP contribution in [0.1, 0.15) is 11.4 Å². The number of hydrogen-bond acceptors (Lipinski definition) is 8. The van der Waals surface area contributed by atoms with Crippen molar-refractivity contribution in [3.05, 3.63) is 53.9 Å². The summed E-state index contributed by atoms with van der Waals surface area (Å²) in [4.78, 5) is 37.0. The molecule has 184 valence electrons. The molecule has 1 aromatic carbocycles. The maximum atomic E-state index is 11.4. The van der Waals surface area contributed by atoms with Crippen molar-refractivity contribution >= 4 is 58.0 Å². The van der Waals surface area contributed by atoms with E-state index in [4.69, 9.17) is 12.2 Å². The van der Waals surface area contributed by atoms with Gasteiger partial charge >= 0.3 is 11.9 Å². The number of anilines is 1. The highest BCUT2D eigenvalue weighted by atomic mass is 32.1. The standard InChI is InChI=1S/C23H26N6O4S2/c30-21(31)14-27-8-10-29(23(35)26-18-6-4-17(5-7-18)24-16-34)11-9-28(15-22(32)33)13-20-3-1-2-19(12-27)25-20/h1-7H,8-15H2,(H,26,35)(H,30,31)(H,32,33). The molecule has 2 heterocycles. The SMILES string of the molecule is O=C(O)CN1CCN(C(=S)Nc2ccc(N=C=S)cc2)CCN(CC(=O)O)Cc2cccc(n2)C1. The Balaban J connectivity index is 1.81. The van der Waals surface area contributed by atoms with Crippen LogP contribution in [-0.4, -0.2) is 91.4 Å². The number of aliphatic imine (C=N–C) groups is 1. The summed E-state index contributed by atoms with van der Waals surface area (Å²) < 4.78 is 0. The van der Waals surface area contributed by atoms with Crippen LogP contribution in [0, 0.1) is 0 Å². The molecule has 0 atom stereocenters. The molecule has 2 bridgehead atoms. The number of isothiocyanates is 1. The zero-order valence-corrected chi connectivity index (χ0v) is 20.6. The average molecular weight is 515 g/mol. The molecule has 1 aromatic heterocycles. The fourth-order valence-electron chi connectivity index (χ4n) is 3.69. The topological polar surface area (TPSA) is 122 Å². The van der Waals surface area contributed by atoms with E-state index in [9.17, 15) is 19.8 Å². The lowest BCUT2D eigenvalue weighted by Gasteiger charge is -2.32. The highest BCUT2D eigenvalue weighted by Gasteiger charge is 2.19. The van der Waals surface area contributed by atoms with Crippen LogP contribution in [-0.2, 0) is 22.7 Å². The summed E-state index contributed by atoms with van der Waals surface area (Å²) in [6.45, 7) is 2.21. The minimum atomic E-state index is -0.924. The van der Waals surface area contributed by atoms with E-state index in [1.807, 2.05) is 35.2 Å². The van der Waals surface area contributed by atoms with E-state index in [-0.39, 0.29) is 13.1 Å². The highest BCUT2D eigenvalue weighted by molar-refractivity contribution is 7.80. The fraction of sp³-hybridized carbons (Fsp3) is 0.348. The zero-order valence-electron chi connectivity index (χ0n) is 19.0. The molecular weight excluding hydrogens is 488 g/mol. The number of thiocarbonyl (C=S) groups is 2. The van der Waals surface area contributed by atoms with Crippen LogP contribution in [0.25, 0.3) is 0 Å². The monoisotopic (exact) mass is 514 g/mol. The molecule has 0 saturated heterocycles. The molecule has 1 aliphatic rings. The van der Waals surface area contributed by atoms with Gasteiger partial charge in [-0.2, -0.15) is 4.99 Å². The number of carboxylic acids is 2. The van der Waals surface area contributed by atoms with Gasteiger partial charge in [0.05, 0.1) is 35.3 Å². The molecule has 10 nitrogen and oxygen atoms in total. The third-order valence-electron chi connectivity index (χ3n) is 5.31. The Morgan fingerprint density at radius 1 is 0.943 bits per heavy atom. The van der Waals surface area contributed by atoms with Gasteiger partial charge in [-0.3, -0.25) is 24.4 Å². The number of aliphatic carboxylic acids is 2. The Morgan fingerprint density at radius 3 is 1.97 bits per heavy atom. The van der Waals surface area contributed by atoms with Gasteiger partial charge in [0.2, 0.25) is 0 Å². The maximum Gasteiger partial charge on any atom is 0.317 e. The van der Waals surface area contributed by atoms with Crippen molar-refractivity contribution in [3.8, 4) is 0 Å². The molecule has 3 N–H and O–H groups in total. The normalized spacial score (nSPS) is 15.3. The smallest absolute Gasteiger partial charge is 0.317 e. The van der Waals surface area contributed by atoms with Gasteiger partial charge in [-0.1, -0.05) is 6.07 Å². The molecule has 1 aliphatic heterocycles. The molecule has 0 radical (unpaired) electrons. The van der Waals surface area contributed by atoms with E-state index in [1.165, 1.54) is 0 Å². The Hall–Kier alpha value is -3.28. The van der Waals surface area contributed by atoms with Crippen LogP contribution in [0.5, 0.6) is 0 Å². The first kappa shape index (κ1) is 26.3. The van der Waals surface area contributed by atoms with E-state index < -0.39 is 11.9 Å². The lowest BCUT2D eigenvalue weighted by atomic mass is 10.2. The van der Waals surface area contributed by atoms with Crippen LogP contribution >= 0.6 is 24.4 Å². The summed E-state index contributed by atoms with van der Waals surface area (Å²) in [5.41, 5.74) is 2.89. The number of fused-ring (bicyclic) bond motifs is 2. The molecule has 3 rings (SSSR count). The molecule has 12 heteroatoms. The summed E-state index contributed by atoms with van der Waals surface area (Å²) in [5, 5.41) is 24.7. The predicted octanol–water partition coefficient (Wildman–Crippen LogP) is 2.30. The van der Waals surface area contributed by atoms with Crippen molar-refractivity contribution in [3.63, 3.8) is 0 Å². The number of carboxylic acid groups (broad SMARTS) is 2. The molecule has 0 unspecified atom stereocenters. The summed E-state index contributed by atoms with van der Waals surface area (Å²) >= 11 is 10.3. The molecule has 0 fully saturated rings. The maximum absolute atomic E-state index is 11.4. The number of carbonyl (C=O) groups is 2. The van der Waals surface area contributed by atoms with E-state index in [1.54, 1.807) is 21.9 Å². The largest absolute Gasteiger partial charge is 0.480 e. The van der Waals surface area contributed by atoms with Gasteiger partial charge in [-0.25, -0.2) is 0 Å². The Bertz CT molecular complexity index is 1060. The van der Waals surface area contributed by atoms with Gasteiger partial charge in [-0.15, -0.1) is 0 Å². The van der Waals surface area contributed by atoms with Crippen molar-refractivity contribution in [2.45, 2.75) is 13.1 Å². The number of nitrogens with zero attached hydrogens (tertiary/aromatic N) is 5. The Labute approximate surface area is 213 Å². The number of hydrogen-bond donors (Lipinski definition) is 3. The van der Waals surface area contributed by atoms with Crippen LogP contribution < -0.4 is 5.32 Å². The Kier molecular flexibility index (Phi) is 9.76. The van der Waals surface area contributed by atoms with Gasteiger partial charge < -0.3 is 20.4 Å². The number of rotatable bonds is 6. The summed E-state index contributed by atoms with van der Waals surface area (Å²) in [6, 6.07) is 12.7. The summed E-state index contributed by atoms with van der Waals surface area (Å²) in [5.74, 6) is -1.85. The Morgan fingerprint density at radius 2 is 1.49 bits per heavy atom. The van der Waals surface area contributed by atoms with Gasteiger partial charge in [-0.05, 0) is 60.8 Å². The third kappa shape index (κ3) is 8.78. The number of nitrogens with one attached hydrogen (secondary N) is 1. The van der Waals surface area contributed by atoms with Crippen molar-refractivity contribution < 1.29 is 19.8 Å². The summed E-state index contributed by atoms with van der Waals surface area (Å²) in [6.07, 6.45) is 0. The molecule has 35 heavy (non-hydrogen) atoms. The van der Waals surface area contributed by atoms with Gasteiger partial charge in [0.15, 0.2) is 5.11 Å². The second kappa shape index (κ2) is 13.0. The lowest BCUT2D eigenvalue weighted by Crippen LogP contribution is -2.46. The van der Waals surface area contributed by atoms with Crippen molar-refractivity contribution in [2.75, 3.05) is 44.6 Å². The number of aromatic nitrogens is 1. The molecule has 0 aliphatic carbocycles. The van der Waals surface area contributed by atoms with Crippen molar-refractivity contribution in [2.24, 2.45) is 4.99 Å². The van der Waals surface area contributed by atoms with E-state index >= 15 is 0 Å². The van der Waals surface area contributed by atoms with Gasteiger partial charge in [0, 0.05) is 45.0 Å². The van der Waals surface area contributed by atoms with Gasteiger partial charge in [0.1, 0.15) is 0 Å². The fourth-order valence-corrected chi connectivity index (χ4v) is 4.09.